The van der Waals surface area contributed by atoms with Gasteiger partial charge in [0.15, 0.2) is 0 Å². The summed E-state index contributed by atoms with van der Waals surface area (Å²) in [6.45, 7) is 4.00. The van der Waals surface area contributed by atoms with Crippen LogP contribution in [0.4, 0.5) is 0 Å². The van der Waals surface area contributed by atoms with Crippen molar-refractivity contribution in [2.75, 3.05) is 6.54 Å². The second kappa shape index (κ2) is 6.41. The SMILES string of the molecule is CC1CCCC(CN)N1Cc1cnn(-c2ccccc2)c1. The standard InChI is InChI=1S/C17H24N4/c1-14-6-5-9-17(10-18)20(14)12-15-11-19-21(13-15)16-7-3-2-4-8-16/h2-4,7-8,11,13-14,17H,5-6,9-10,12,18H2,1H3. The highest BCUT2D eigenvalue weighted by Gasteiger charge is 2.27. The number of piperidine rings is 1. The van der Waals surface area contributed by atoms with Crippen molar-refractivity contribution in [2.24, 2.45) is 5.73 Å². The second-order valence-corrected chi connectivity index (χ2v) is 5.97. The third kappa shape index (κ3) is 3.17. The Morgan fingerprint density at radius 3 is 2.81 bits per heavy atom. The summed E-state index contributed by atoms with van der Waals surface area (Å²) in [5.74, 6) is 0. The highest BCUT2D eigenvalue weighted by Crippen LogP contribution is 2.24. The summed E-state index contributed by atoms with van der Waals surface area (Å²) in [5.41, 5.74) is 8.30. The molecule has 0 bridgehead atoms. The summed E-state index contributed by atoms with van der Waals surface area (Å²) in [5, 5.41) is 4.49. The molecule has 2 N–H and O–H groups in total. The van der Waals surface area contributed by atoms with Crippen LogP contribution >= 0.6 is 0 Å². The first-order valence-corrected chi connectivity index (χ1v) is 7.82. The lowest BCUT2D eigenvalue weighted by atomic mass is 9.96. The van der Waals surface area contributed by atoms with Gasteiger partial charge in [0.2, 0.25) is 0 Å². The Morgan fingerprint density at radius 2 is 2.05 bits per heavy atom. The fraction of sp³-hybridized carbons (Fsp3) is 0.471. The van der Waals surface area contributed by atoms with Gasteiger partial charge in [-0.25, -0.2) is 4.68 Å². The Labute approximate surface area is 126 Å². The summed E-state index contributed by atoms with van der Waals surface area (Å²) in [6, 6.07) is 11.4. The van der Waals surface area contributed by atoms with E-state index in [1.165, 1.54) is 24.8 Å². The maximum Gasteiger partial charge on any atom is 0.0645 e. The number of likely N-dealkylation sites (tertiary alicyclic amines) is 1. The van der Waals surface area contributed by atoms with Gasteiger partial charge in [-0.05, 0) is 31.9 Å². The first-order valence-electron chi connectivity index (χ1n) is 7.82. The molecule has 1 aliphatic heterocycles. The monoisotopic (exact) mass is 284 g/mol. The molecule has 4 heteroatoms. The second-order valence-electron chi connectivity index (χ2n) is 5.97. The molecule has 2 atom stereocenters. The predicted octanol–water partition coefficient (Wildman–Crippen LogP) is 2.57. The van der Waals surface area contributed by atoms with Crippen LogP contribution in [0, 0.1) is 0 Å². The van der Waals surface area contributed by atoms with Gasteiger partial charge in [0.05, 0.1) is 11.9 Å². The van der Waals surface area contributed by atoms with Crippen LogP contribution in [0.1, 0.15) is 31.7 Å². The summed E-state index contributed by atoms with van der Waals surface area (Å²) < 4.78 is 1.95. The maximum absolute atomic E-state index is 5.94. The zero-order valence-corrected chi connectivity index (χ0v) is 12.7. The first kappa shape index (κ1) is 14.3. The van der Waals surface area contributed by atoms with Crippen LogP contribution in [0.15, 0.2) is 42.7 Å². The van der Waals surface area contributed by atoms with E-state index in [2.05, 4.69) is 35.3 Å². The Morgan fingerprint density at radius 1 is 1.24 bits per heavy atom. The van der Waals surface area contributed by atoms with Crippen LogP contribution in [0.3, 0.4) is 0 Å². The van der Waals surface area contributed by atoms with Gasteiger partial charge in [0, 0.05) is 36.9 Å². The van der Waals surface area contributed by atoms with Crippen LogP contribution < -0.4 is 5.73 Å². The normalized spacial score (nSPS) is 23.3. The van der Waals surface area contributed by atoms with Crippen molar-refractivity contribution >= 4 is 0 Å². The quantitative estimate of drug-likeness (QED) is 0.938. The van der Waals surface area contributed by atoms with E-state index < -0.39 is 0 Å². The van der Waals surface area contributed by atoms with Crippen LogP contribution in [-0.2, 0) is 6.54 Å². The average Bonchev–Trinajstić information content (AvgIpc) is 2.99. The predicted molar refractivity (Wildman–Crippen MR) is 85.3 cm³/mol. The smallest absolute Gasteiger partial charge is 0.0645 e. The van der Waals surface area contributed by atoms with E-state index in [0.29, 0.717) is 12.1 Å². The molecule has 0 saturated carbocycles. The van der Waals surface area contributed by atoms with Gasteiger partial charge in [0.1, 0.15) is 0 Å². The fourth-order valence-corrected chi connectivity index (χ4v) is 3.25. The molecular formula is C17H24N4. The minimum Gasteiger partial charge on any atom is -0.329 e. The number of benzene rings is 1. The number of nitrogens with zero attached hydrogens (tertiary/aromatic N) is 3. The molecule has 3 rings (SSSR count). The molecular weight excluding hydrogens is 260 g/mol. The maximum atomic E-state index is 5.94. The van der Waals surface area contributed by atoms with Crippen molar-refractivity contribution in [2.45, 2.75) is 44.8 Å². The van der Waals surface area contributed by atoms with E-state index in [9.17, 15) is 0 Å². The number of para-hydroxylation sites is 1. The lowest BCUT2D eigenvalue weighted by molar-refractivity contribution is 0.0892. The number of hydrogen-bond donors (Lipinski definition) is 1. The number of rotatable bonds is 4. The molecule has 112 valence electrons. The Hall–Kier alpha value is -1.65. The summed E-state index contributed by atoms with van der Waals surface area (Å²) in [7, 11) is 0. The highest BCUT2D eigenvalue weighted by atomic mass is 15.3. The zero-order valence-electron chi connectivity index (χ0n) is 12.7. The average molecular weight is 284 g/mol. The molecule has 0 radical (unpaired) electrons. The molecule has 2 aromatic rings. The molecule has 1 saturated heterocycles. The molecule has 1 aromatic heterocycles. The van der Waals surface area contributed by atoms with E-state index in [-0.39, 0.29) is 0 Å². The van der Waals surface area contributed by atoms with Gasteiger partial charge in [0.25, 0.3) is 0 Å². The Balaban J connectivity index is 1.74. The third-order valence-electron chi connectivity index (χ3n) is 4.49. The largest absolute Gasteiger partial charge is 0.329 e. The molecule has 21 heavy (non-hydrogen) atoms. The van der Waals surface area contributed by atoms with Gasteiger partial charge >= 0.3 is 0 Å². The number of aromatic nitrogens is 2. The van der Waals surface area contributed by atoms with E-state index in [1.807, 2.05) is 29.1 Å². The first-order chi connectivity index (χ1) is 10.3. The van der Waals surface area contributed by atoms with Gasteiger partial charge in [-0.15, -0.1) is 0 Å². The molecule has 2 heterocycles. The molecule has 2 unspecified atom stereocenters. The van der Waals surface area contributed by atoms with E-state index in [0.717, 1.165) is 18.8 Å². The van der Waals surface area contributed by atoms with E-state index >= 15 is 0 Å². The summed E-state index contributed by atoms with van der Waals surface area (Å²) >= 11 is 0. The van der Waals surface area contributed by atoms with Crippen molar-refractivity contribution in [1.29, 1.82) is 0 Å². The van der Waals surface area contributed by atoms with Crippen molar-refractivity contribution in [3.05, 3.63) is 48.3 Å². The third-order valence-corrected chi connectivity index (χ3v) is 4.49. The minimum atomic E-state index is 0.508. The van der Waals surface area contributed by atoms with Crippen LogP contribution in [0.25, 0.3) is 5.69 Å². The van der Waals surface area contributed by atoms with Crippen molar-refractivity contribution in [3.63, 3.8) is 0 Å². The molecule has 0 amide bonds. The van der Waals surface area contributed by atoms with Gasteiger partial charge in [-0.3, -0.25) is 4.90 Å². The minimum absolute atomic E-state index is 0.508. The Bertz CT molecular complexity index is 563. The van der Waals surface area contributed by atoms with Crippen LogP contribution in [0.5, 0.6) is 0 Å². The molecule has 0 spiro atoms. The van der Waals surface area contributed by atoms with Crippen molar-refractivity contribution < 1.29 is 0 Å². The topological polar surface area (TPSA) is 47.1 Å². The van der Waals surface area contributed by atoms with Crippen LogP contribution in [0.2, 0.25) is 0 Å². The lowest BCUT2D eigenvalue weighted by Crippen LogP contribution is -2.48. The van der Waals surface area contributed by atoms with Crippen molar-refractivity contribution in [3.8, 4) is 5.69 Å². The molecule has 1 fully saturated rings. The summed E-state index contributed by atoms with van der Waals surface area (Å²) in [4.78, 5) is 2.54. The summed E-state index contributed by atoms with van der Waals surface area (Å²) in [6.07, 6.45) is 7.88. The van der Waals surface area contributed by atoms with E-state index in [4.69, 9.17) is 5.73 Å². The molecule has 1 aliphatic rings. The zero-order chi connectivity index (χ0) is 14.7. The fourth-order valence-electron chi connectivity index (χ4n) is 3.25. The Kier molecular flexibility index (Phi) is 4.36. The molecule has 4 nitrogen and oxygen atoms in total. The number of hydrogen-bond acceptors (Lipinski definition) is 3. The van der Waals surface area contributed by atoms with Crippen LogP contribution in [-0.4, -0.2) is 33.3 Å². The number of nitrogens with two attached hydrogens (primary N) is 1. The highest BCUT2D eigenvalue weighted by molar-refractivity contribution is 5.30. The lowest BCUT2D eigenvalue weighted by Gasteiger charge is -2.40. The van der Waals surface area contributed by atoms with Gasteiger partial charge < -0.3 is 5.73 Å². The van der Waals surface area contributed by atoms with E-state index in [1.54, 1.807) is 0 Å². The van der Waals surface area contributed by atoms with Gasteiger partial charge in [-0.2, -0.15) is 5.10 Å². The van der Waals surface area contributed by atoms with Crippen molar-refractivity contribution in [1.82, 2.24) is 14.7 Å². The van der Waals surface area contributed by atoms with Gasteiger partial charge in [-0.1, -0.05) is 24.6 Å². The molecule has 1 aromatic carbocycles. The molecule has 0 aliphatic carbocycles.